The predicted molar refractivity (Wildman–Crippen MR) is 126 cm³/mol. The van der Waals surface area contributed by atoms with Crippen molar-refractivity contribution in [2.75, 3.05) is 26.2 Å². The number of nitrogens with two attached hydrogens (primary N) is 1. The summed E-state index contributed by atoms with van der Waals surface area (Å²) in [6.07, 6.45) is 1.38. The fourth-order valence-corrected chi connectivity index (χ4v) is 6.68. The minimum atomic E-state index is -3.79. The van der Waals surface area contributed by atoms with Crippen LogP contribution in [0.4, 0.5) is 0 Å². The normalized spacial score (nSPS) is 15.6. The van der Waals surface area contributed by atoms with Crippen molar-refractivity contribution in [3.63, 3.8) is 0 Å². The summed E-state index contributed by atoms with van der Waals surface area (Å²) in [5.74, 6) is -0.351. The zero-order valence-corrected chi connectivity index (χ0v) is 20.7. The molecule has 1 aliphatic heterocycles. The van der Waals surface area contributed by atoms with Gasteiger partial charge in [0.2, 0.25) is 10.0 Å². The van der Waals surface area contributed by atoms with Gasteiger partial charge >= 0.3 is 0 Å². The molecule has 1 fully saturated rings. The first-order chi connectivity index (χ1) is 15.5. The molecular formula is C21H28N6O4S2. The quantitative estimate of drug-likeness (QED) is 0.560. The van der Waals surface area contributed by atoms with Crippen molar-refractivity contribution in [3.05, 3.63) is 34.6 Å². The third-order valence-corrected chi connectivity index (χ3v) is 8.75. The van der Waals surface area contributed by atoms with E-state index in [9.17, 15) is 18.0 Å². The second-order valence-electron chi connectivity index (χ2n) is 8.72. The van der Waals surface area contributed by atoms with Gasteiger partial charge in [0.25, 0.3) is 11.8 Å². The Morgan fingerprint density at radius 2 is 1.85 bits per heavy atom. The summed E-state index contributed by atoms with van der Waals surface area (Å²) in [6.45, 7) is 7.92. The average molecular weight is 493 g/mol. The number of thiophene rings is 1. The number of amides is 2. The lowest BCUT2D eigenvalue weighted by molar-refractivity contribution is 0.0702. The molecule has 10 nitrogen and oxygen atoms in total. The van der Waals surface area contributed by atoms with Crippen LogP contribution in [0.25, 0.3) is 10.2 Å². The number of fused-ring (bicyclic) bond motifs is 1. The van der Waals surface area contributed by atoms with Crippen LogP contribution < -0.4 is 5.73 Å². The highest BCUT2D eigenvalue weighted by molar-refractivity contribution is 7.89. The second kappa shape index (κ2) is 8.58. The maximum absolute atomic E-state index is 13.1. The highest BCUT2D eigenvalue weighted by atomic mass is 32.2. The Morgan fingerprint density at radius 1 is 1.18 bits per heavy atom. The SMILES string of the molecule is Cc1nn(CC(C)C)c2sc(C(=O)N3CCN(S(=O)(=O)c4cc(C(N)=O)n(C)c4)CC3)cc12. The first-order valence-electron chi connectivity index (χ1n) is 10.7. The van der Waals surface area contributed by atoms with E-state index in [2.05, 4.69) is 18.9 Å². The molecule has 0 atom stereocenters. The number of rotatable bonds is 6. The lowest BCUT2D eigenvalue weighted by Crippen LogP contribution is -2.50. The number of nitrogens with zero attached hydrogens (tertiary/aromatic N) is 5. The molecule has 178 valence electrons. The maximum Gasteiger partial charge on any atom is 0.265 e. The van der Waals surface area contributed by atoms with Gasteiger partial charge in [-0.1, -0.05) is 13.8 Å². The standard InChI is InChI=1S/C21H28N6O4S2/c1-13(2)11-27-21-16(14(3)23-27)10-18(32-21)20(29)25-5-7-26(8-6-25)33(30,31)15-9-17(19(22)28)24(4)12-15/h9-10,12-13H,5-8,11H2,1-4H3,(H2,22,28). The maximum atomic E-state index is 13.1. The summed E-state index contributed by atoms with van der Waals surface area (Å²) in [6, 6.07) is 3.18. The molecule has 4 rings (SSSR count). The minimum Gasteiger partial charge on any atom is -0.364 e. The van der Waals surface area contributed by atoms with E-state index in [4.69, 9.17) is 5.73 Å². The molecule has 0 unspecified atom stereocenters. The number of aryl methyl sites for hydroxylation is 2. The highest BCUT2D eigenvalue weighted by Crippen LogP contribution is 2.30. The first kappa shape index (κ1) is 23.5. The smallest absolute Gasteiger partial charge is 0.265 e. The Kier molecular flexibility index (Phi) is 6.10. The first-order valence-corrected chi connectivity index (χ1v) is 13.0. The Morgan fingerprint density at radius 3 is 2.42 bits per heavy atom. The minimum absolute atomic E-state index is 0.0215. The van der Waals surface area contributed by atoms with Gasteiger partial charge in [0.05, 0.1) is 10.6 Å². The zero-order chi connectivity index (χ0) is 24.1. The van der Waals surface area contributed by atoms with E-state index in [1.807, 2.05) is 17.7 Å². The van der Waals surface area contributed by atoms with Gasteiger partial charge in [-0.05, 0) is 25.0 Å². The number of hydrogen-bond donors (Lipinski definition) is 1. The van der Waals surface area contributed by atoms with Crippen molar-refractivity contribution < 1.29 is 18.0 Å². The van der Waals surface area contributed by atoms with Crippen molar-refractivity contribution in [1.29, 1.82) is 0 Å². The monoisotopic (exact) mass is 492 g/mol. The van der Waals surface area contributed by atoms with Crippen LogP contribution in [0.3, 0.4) is 0 Å². The van der Waals surface area contributed by atoms with Crippen LogP contribution in [0, 0.1) is 12.8 Å². The van der Waals surface area contributed by atoms with Crippen molar-refractivity contribution in [2.45, 2.75) is 32.2 Å². The summed E-state index contributed by atoms with van der Waals surface area (Å²) < 4.78 is 30.7. The van der Waals surface area contributed by atoms with Crippen LogP contribution in [-0.2, 0) is 23.6 Å². The van der Waals surface area contributed by atoms with Gasteiger partial charge in [-0.3, -0.25) is 14.3 Å². The van der Waals surface area contributed by atoms with Crippen LogP contribution in [-0.4, -0.2) is 70.0 Å². The van der Waals surface area contributed by atoms with Gasteiger partial charge in [0.1, 0.15) is 15.4 Å². The highest BCUT2D eigenvalue weighted by Gasteiger charge is 2.32. The third kappa shape index (κ3) is 4.30. The third-order valence-electron chi connectivity index (χ3n) is 5.75. The molecule has 33 heavy (non-hydrogen) atoms. The van der Waals surface area contributed by atoms with Crippen molar-refractivity contribution >= 4 is 43.4 Å². The molecule has 0 bridgehead atoms. The number of hydrogen-bond acceptors (Lipinski definition) is 6. The van der Waals surface area contributed by atoms with Gasteiger partial charge in [-0.25, -0.2) is 8.42 Å². The fraction of sp³-hybridized carbons (Fsp3) is 0.476. The molecule has 12 heteroatoms. The van der Waals surface area contributed by atoms with Gasteiger partial charge in [-0.15, -0.1) is 11.3 Å². The van der Waals surface area contributed by atoms with E-state index in [0.29, 0.717) is 23.9 Å². The van der Waals surface area contributed by atoms with Crippen LogP contribution in [0.15, 0.2) is 23.2 Å². The van der Waals surface area contributed by atoms with E-state index in [-0.39, 0.29) is 29.6 Å². The largest absolute Gasteiger partial charge is 0.364 e. The molecule has 3 aromatic rings. The van der Waals surface area contributed by atoms with Gasteiger partial charge in [0, 0.05) is 51.4 Å². The molecule has 0 aliphatic carbocycles. The molecule has 0 saturated carbocycles. The molecule has 0 aromatic carbocycles. The number of sulfonamides is 1. The molecule has 0 spiro atoms. The van der Waals surface area contributed by atoms with Gasteiger partial charge in [-0.2, -0.15) is 9.40 Å². The predicted octanol–water partition coefficient (Wildman–Crippen LogP) is 1.65. The van der Waals surface area contributed by atoms with Crippen LogP contribution >= 0.6 is 11.3 Å². The summed E-state index contributed by atoms with van der Waals surface area (Å²) in [7, 11) is -2.22. The van der Waals surface area contributed by atoms with Crippen molar-refractivity contribution in [2.24, 2.45) is 18.7 Å². The number of carbonyl (C=O) groups is 2. The van der Waals surface area contributed by atoms with Crippen molar-refractivity contribution in [3.8, 4) is 0 Å². The zero-order valence-electron chi connectivity index (χ0n) is 19.1. The van der Waals surface area contributed by atoms with E-state index in [1.54, 1.807) is 11.9 Å². The van der Waals surface area contributed by atoms with Crippen LogP contribution in [0.5, 0.6) is 0 Å². The molecule has 2 N–H and O–H groups in total. The molecule has 1 aliphatic rings. The van der Waals surface area contributed by atoms with Gasteiger partial charge < -0.3 is 15.2 Å². The Balaban J connectivity index is 1.48. The van der Waals surface area contributed by atoms with Crippen LogP contribution in [0.2, 0.25) is 0 Å². The second-order valence-corrected chi connectivity index (χ2v) is 11.7. The van der Waals surface area contributed by atoms with E-state index >= 15 is 0 Å². The lowest BCUT2D eigenvalue weighted by atomic mass is 10.2. The van der Waals surface area contributed by atoms with E-state index in [1.165, 1.54) is 32.5 Å². The number of aromatic nitrogens is 3. The summed E-state index contributed by atoms with van der Waals surface area (Å²) in [5, 5.41) is 5.57. The topological polar surface area (TPSA) is 124 Å². The molecule has 3 aromatic heterocycles. The Labute approximate surface area is 196 Å². The molecular weight excluding hydrogens is 464 g/mol. The summed E-state index contributed by atoms with van der Waals surface area (Å²) in [5.41, 5.74) is 6.32. The number of primary amides is 1. The molecule has 0 radical (unpaired) electrons. The fourth-order valence-electron chi connectivity index (χ4n) is 4.04. The number of carbonyl (C=O) groups excluding carboxylic acids is 2. The van der Waals surface area contributed by atoms with Crippen molar-refractivity contribution in [1.82, 2.24) is 23.6 Å². The van der Waals surface area contributed by atoms with E-state index < -0.39 is 15.9 Å². The lowest BCUT2D eigenvalue weighted by Gasteiger charge is -2.33. The molecule has 1 saturated heterocycles. The summed E-state index contributed by atoms with van der Waals surface area (Å²) >= 11 is 1.43. The van der Waals surface area contributed by atoms with Crippen LogP contribution in [0.1, 0.15) is 39.7 Å². The average Bonchev–Trinajstić information content (AvgIpc) is 3.43. The summed E-state index contributed by atoms with van der Waals surface area (Å²) in [4.78, 5) is 27.9. The Hall–Kier alpha value is -2.70. The van der Waals surface area contributed by atoms with Gasteiger partial charge in [0.15, 0.2) is 0 Å². The molecule has 4 heterocycles. The number of piperazine rings is 1. The molecule has 2 amide bonds. The van der Waals surface area contributed by atoms with E-state index in [0.717, 1.165) is 22.5 Å². The Bertz CT molecular complexity index is 1330.